The van der Waals surface area contributed by atoms with Crippen molar-refractivity contribution in [3.8, 4) is 0 Å². The lowest BCUT2D eigenvalue weighted by Crippen LogP contribution is -2.28. The van der Waals surface area contributed by atoms with E-state index in [0.717, 1.165) is 15.9 Å². The largest absolute Gasteiger partial charge is 0.379 e. The van der Waals surface area contributed by atoms with E-state index in [9.17, 15) is 8.42 Å². The fourth-order valence-electron chi connectivity index (χ4n) is 1.23. The van der Waals surface area contributed by atoms with Gasteiger partial charge in [-0.1, -0.05) is 0 Å². The number of thiophene rings is 1. The lowest BCUT2D eigenvalue weighted by molar-refractivity contribution is 0.122. The second-order valence-electron chi connectivity index (χ2n) is 4.34. The quantitative estimate of drug-likeness (QED) is 0.707. The van der Waals surface area contributed by atoms with E-state index in [0.29, 0.717) is 17.4 Å². The summed E-state index contributed by atoms with van der Waals surface area (Å²) in [5.74, 6) is 0. The molecule has 0 unspecified atom stereocenters. The van der Waals surface area contributed by atoms with Crippen LogP contribution in [0.1, 0.15) is 5.56 Å². The van der Waals surface area contributed by atoms with Crippen molar-refractivity contribution in [1.29, 1.82) is 0 Å². The van der Waals surface area contributed by atoms with Crippen molar-refractivity contribution >= 4 is 37.3 Å². The molecule has 1 rings (SSSR count). The number of hydrogen-bond acceptors (Lipinski definition) is 5. The number of sulfonamides is 1. The van der Waals surface area contributed by atoms with E-state index < -0.39 is 10.0 Å². The Hall–Kier alpha value is 0.01000. The second-order valence-corrected chi connectivity index (χ2v) is 8.70. The highest BCUT2D eigenvalue weighted by Gasteiger charge is 2.17. The third-order valence-electron chi connectivity index (χ3n) is 2.32. The number of ether oxygens (including phenoxy) is 1. The van der Waals surface area contributed by atoms with Gasteiger partial charge in [0.15, 0.2) is 0 Å². The van der Waals surface area contributed by atoms with Crippen LogP contribution in [0, 0.1) is 6.92 Å². The van der Waals surface area contributed by atoms with E-state index in [2.05, 4.69) is 20.7 Å². The summed E-state index contributed by atoms with van der Waals surface area (Å²) in [5, 5.41) is 0. The van der Waals surface area contributed by atoms with Crippen LogP contribution in [0.25, 0.3) is 0 Å². The molecule has 0 aliphatic rings. The van der Waals surface area contributed by atoms with Crippen LogP contribution in [0.2, 0.25) is 0 Å². The molecule has 0 amide bonds. The number of nitrogens with zero attached hydrogens (tertiary/aromatic N) is 1. The van der Waals surface area contributed by atoms with Crippen molar-refractivity contribution < 1.29 is 13.2 Å². The number of nitrogens with one attached hydrogen (secondary N) is 1. The number of halogens is 1. The second kappa shape index (κ2) is 7.70. The summed E-state index contributed by atoms with van der Waals surface area (Å²) in [6.07, 6.45) is 0. The van der Waals surface area contributed by atoms with Crippen molar-refractivity contribution in [3.05, 3.63) is 15.4 Å². The Kier molecular flexibility index (Phi) is 6.92. The summed E-state index contributed by atoms with van der Waals surface area (Å²) in [7, 11) is 0.505. The normalized spacial score (nSPS) is 12.3. The Morgan fingerprint density at radius 3 is 2.63 bits per heavy atom. The smallest absolute Gasteiger partial charge is 0.250 e. The monoisotopic (exact) mass is 370 g/mol. The van der Waals surface area contributed by atoms with Gasteiger partial charge in [0.25, 0.3) is 0 Å². The molecule has 1 aromatic rings. The first kappa shape index (κ1) is 17.1. The first-order valence-corrected chi connectivity index (χ1v) is 8.90. The average Bonchev–Trinajstić information content (AvgIpc) is 2.64. The van der Waals surface area contributed by atoms with Gasteiger partial charge in [-0.15, -0.1) is 11.3 Å². The zero-order valence-electron chi connectivity index (χ0n) is 11.3. The highest BCUT2D eigenvalue weighted by molar-refractivity contribution is 9.11. The first-order valence-electron chi connectivity index (χ1n) is 5.81. The summed E-state index contributed by atoms with van der Waals surface area (Å²) in [6, 6.07) is 1.66. The molecule has 8 heteroatoms. The minimum absolute atomic E-state index is 0.282. The molecule has 1 N–H and O–H groups in total. The zero-order chi connectivity index (χ0) is 14.5. The Morgan fingerprint density at radius 1 is 1.42 bits per heavy atom. The van der Waals surface area contributed by atoms with Crippen LogP contribution in [-0.4, -0.2) is 53.7 Å². The van der Waals surface area contributed by atoms with E-state index in [1.807, 2.05) is 25.9 Å². The van der Waals surface area contributed by atoms with Gasteiger partial charge in [0.1, 0.15) is 4.21 Å². The van der Waals surface area contributed by atoms with E-state index in [1.54, 1.807) is 6.07 Å². The van der Waals surface area contributed by atoms with Crippen molar-refractivity contribution in [2.75, 3.05) is 40.4 Å². The minimum Gasteiger partial charge on any atom is -0.379 e. The number of likely N-dealkylation sites (N-methyl/N-ethyl adjacent to an activating group) is 1. The maximum Gasteiger partial charge on any atom is 0.250 e. The van der Waals surface area contributed by atoms with Crippen LogP contribution in [0.4, 0.5) is 0 Å². The van der Waals surface area contributed by atoms with Crippen LogP contribution in [-0.2, 0) is 14.8 Å². The van der Waals surface area contributed by atoms with Crippen LogP contribution in [0.15, 0.2) is 14.1 Å². The third-order valence-corrected chi connectivity index (χ3v) is 6.39. The van der Waals surface area contributed by atoms with E-state index in [-0.39, 0.29) is 6.54 Å². The molecule has 19 heavy (non-hydrogen) atoms. The molecule has 0 aromatic carbocycles. The van der Waals surface area contributed by atoms with Gasteiger partial charge in [-0.25, -0.2) is 13.1 Å². The Bertz CT molecular complexity index is 481. The Morgan fingerprint density at radius 2 is 2.11 bits per heavy atom. The molecule has 5 nitrogen and oxygen atoms in total. The van der Waals surface area contributed by atoms with Gasteiger partial charge in [0, 0.05) is 13.1 Å². The summed E-state index contributed by atoms with van der Waals surface area (Å²) in [5.41, 5.74) is 0.924. The van der Waals surface area contributed by atoms with Gasteiger partial charge in [-0.05, 0) is 48.6 Å². The predicted molar refractivity (Wildman–Crippen MR) is 81.3 cm³/mol. The Balaban J connectivity index is 2.36. The van der Waals surface area contributed by atoms with Gasteiger partial charge in [-0.3, -0.25) is 0 Å². The van der Waals surface area contributed by atoms with E-state index >= 15 is 0 Å². The molecular formula is C11H19BrN2O3S2. The molecular weight excluding hydrogens is 352 g/mol. The molecule has 0 bridgehead atoms. The Labute approximate surface area is 127 Å². The molecule has 0 radical (unpaired) electrons. The van der Waals surface area contributed by atoms with Gasteiger partial charge in [0.2, 0.25) is 10.0 Å². The molecule has 0 fully saturated rings. The summed E-state index contributed by atoms with van der Waals surface area (Å²) in [6.45, 7) is 3.94. The SMILES string of the molecule is Cc1cc(S(=O)(=O)NCCOCCN(C)C)sc1Br. The number of hydrogen-bond donors (Lipinski definition) is 1. The molecule has 0 spiro atoms. The minimum atomic E-state index is -3.42. The van der Waals surface area contributed by atoms with Gasteiger partial charge < -0.3 is 9.64 Å². The molecule has 1 aromatic heterocycles. The van der Waals surface area contributed by atoms with Crippen LogP contribution < -0.4 is 4.72 Å². The van der Waals surface area contributed by atoms with E-state index in [1.165, 1.54) is 11.3 Å². The fraction of sp³-hybridized carbons (Fsp3) is 0.636. The van der Waals surface area contributed by atoms with Crippen molar-refractivity contribution in [3.63, 3.8) is 0 Å². The van der Waals surface area contributed by atoms with Crippen molar-refractivity contribution in [2.45, 2.75) is 11.1 Å². The van der Waals surface area contributed by atoms with Gasteiger partial charge in [0.05, 0.1) is 17.0 Å². The molecule has 1 heterocycles. The van der Waals surface area contributed by atoms with Crippen LogP contribution in [0.5, 0.6) is 0 Å². The molecule has 0 saturated carbocycles. The standard InChI is InChI=1S/C11H19BrN2O3S2/c1-9-8-10(18-11(9)12)19(15,16)13-4-6-17-7-5-14(2)3/h8,13H,4-7H2,1-3H3. The van der Waals surface area contributed by atoms with Crippen LogP contribution in [0.3, 0.4) is 0 Å². The summed E-state index contributed by atoms with van der Waals surface area (Å²) < 4.78 is 32.9. The highest BCUT2D eigenvalue weighted by atomic mass is 79.9. The molecule has 110 valence electrons. The predicted octanol–water partition coefficient (Wildman–Crippen LogP) is 1.68. The van der Waals surface area contributed by atoms with Gasteiger partial charge >= 0.3 is 0 Å². The molecule has 0 aliphatic carbocycles. The van der Waals surface area contributed by atoms with E-state index in [4.69, 9.17) is 4.74 Å². The van der Waals surface area contributed by atoms with Crippen molar-refractivity contribution in [1.82, 2.24) is 9.62 Å². The fourth-order valence-corrected chi connectivity index (χ4v) is 4.52. The third kappa shape index (κ3) is 5.88. The molecule has 0 saturated heterocycles. The van der Waals surface area contributed by atoms with Crippen molar-refractivity contribution in [2.24, 2.45) is 0 Å². The number of aryl methyl sites for hydroxylation is 1. The van der Waals surface area contributed by atoms with Gasteiger partial charge in [-0.2, -0.15) is 0 Å². The highest BCUT2D eigenvalue weighted by Crippen LogP contribution is 2.30. The first-order chi connectivity index (χ1) is 8.83. The molecule has 0 aliphatic heterocycles. The number of rotatable bonds is 8. The topological polar surface area (TPSA) is 58.6 Å². The summed E-state index contributed by atoms with van der Waals surface area (Å²) in [4.78, 5) is 2.01. The zero-order valence-corrected chi connectivity index (χ0v) is 14.5. The maximum absolute atomic E-state index is 12.0. The van der Waals surface area contributed by atoms with Crippen LogP contribution >= 0.6 is 27.3 Å². The molecule has 0 atom stereocenters. The summed E-state index contributed by atoms with van der Waals surface area (Å²) >= 11 is 4.53. The lowest BCUT2D eigenvalue weighted by atomic mass is 10.4. The maximum atomic E-state index is 12.0. The average molecular weight is 371 g/mol. The lowest BCUT2D eigenvalue weighted by Gasteiger charge is -2.10.